The van der Waals surface area contributed by atoms with Crippen LogP contribution in [0.15, 0.2) is 17.1 Å². The standard InChI is InChI=1S/C13H16BrN3O8/c14-10-9(5(18)3-7(19)20)25-11(13(10,24)4-8(21)22)17-2-1-6(15)16-12(17)23/h1-2,5,9-11,18,24H,3-4H2,(H,19,20)(H,21,22)(H2,15,16,23)/t5?,9-,10?,11-,13-/m1/s1. The van der Waals surface area contributed by atoms with Gasteiger partial charge >= 0.3 is 17.6 Å². The summed E-state index contributed by atoms with van der Waals surface area (Å²) >= 11 is 3.07. The Morgan fingerprint density at radius 1 is 1.44 bits per heavy atom. The lowest BCUT2D eigenvalue weighted by Gasteiger charge is -2.30. The molecule has 1 aromatic heterocycles. The van der Waals surface area contributed by atoms with Crippen molar-refractivity contribution in [2.75, 3.05) is 5.73 Å². The third kappa shape index (κ3) is 3.81. The van der Waals surface area contributed by atoms with Crippen LogP contribution in [-0.2, 0) is 14.3 Å². The fourth-order valence-electron chi connectivity index (χ4n) is 2.67. The number of carboxylic acid groups (broad SMARTS) is 2. The molecular formula is C13H16BrN3O8. The normalized spacial score (nSPS) is 30.1. The first-order chi connectivity index (χ1) is 11.6. The van der Waals surface area contributed by atoms with E-state index < -0.39 is 59.3 Å². The lowest BCUT2D eigenvalue weighted by atomic mass is 9.91. The average molecular weight is 422 g/mol. The van der Waals surface area contributed by atoms with E-state index in [-0.39, 0.29) is 5.82 Å². The zero-order valence-electron chi connectivity index (χ0n) is 12.6. The molecule has 25 heavy (non-hydrogen) atoms. The second-order valence-corrected chi connectivity index (χ2v) is 6.61. The summed E-state index contributed by atoms with van der Waals surface area (Å²) in [6, 6.07) is 1.25. The number of halogens is 1. The van der Waals surface area contributed by atoms with Crippen LogP contribution >= 0.6 is 15.9 Å². The number of ether oxygens (including phenoxy) is 1. The van der Waals surface area contributed by atoms with Crippen molar-refractivity contribution in [3.8, 4) is 0 Å². The van der Waals surface area contributed by atoms with E-state index in [4.69, 9.17) is 20.7 Å². The van der Waals surface area contributed by atoms with Gasteiger partial charge in [-0.2, -0.15) is 4.98 Å². The number of hydrogen-bond acceptors (Lipinski definition) is 8. The summed E-state index contributed by atoms with van der Waals surface area (Å²) in [6.07, 6.45) is -4.73. The minimum Gasteiger partial charge on any atom is -0.481 e. The molecule has 0 aromatic carbocycles. The number of aliphatic carboxylic acids is 2. The van der Waals surface area contributed by atoms with E-state index >= 15 is 0 Å². The van der Waals surface area contributed by atoms with Crippen molar-refractivity contribution >= 4 is 33.7 Å². The second-order valence-electron chi connectivity index (χ2n) is 5.62. The van der Waals surface area contributed by atoms with Crippen molar-refractivity contribution in [2.24, 2.45) is 0 Å². The highest BCUT2D eigenvalue weighted by Gasteiger charge is 2.58. The molecule has 2 rings (SSSR count). The molecule has 1 aliphatic rings. The Kier molecular flexibility index (Phi) is 5.46. The van der Waals surface area contributed by atoms with Gasteiger partial charge in [0.05, 0.1) is 23.8 Å². The molecule has 0 aliphatic carbocycles. The maximum atomic E-state index is 12.0. The molecule has 12 heteroatoms. The largest absolute Gasteiger partial charge is 0.481 e. The molecule has 138 valence electrons. The summed E-state index contributed by atoms with van der Waals surface area (Å²) in [5.74, 6) is -2.78. The van der Waals surface area contributed by atoms with E-state index in [1.54, 1.807) is 0 Å². The van der Waals surface area contributed by atoms with Crippen molar-refractivity contribution < 1.29 is 34.8 Å². The van der Waals surface area contributed by atoms with Crippen LogP contribution in [0.5, 0.6) is 0 Å². The van der Waals surface area contributed by atoms with Gasteiger partial charge in [0.15, 0.2) is 6.23 Å². The zero-order chi connectivity index (χ0) is 18.9. The second kappa shape index (κ2) is 7.07. The van der Waals surface area contributed by atoms with Crippen LogP contribution in [0.1, 0.15) is 19.1 Å². The third-order valence-electron chi connectivity index (χ3n) is 3.78. The number of nitrogens with zero attached hydrogens (tertiary/aromatic N) is 2. The first kappa shape index (κ1) is 19.3. The number of nitrogens with two attached hydrogens (primary N) is 1. The summed E-state index contributed by atoms with van der Waals surface area (Å²) in [6.45, 7) is 0. The van der Waals surface area contributed by atoms with Crippen molar-refractivity contribution in [3.05, 3.63) is 22.7 Å². The molecule has 11 nitrogen and oxygen atoms in total. The van der Waals surface area contributed by atoms with Gasteiger partial charge in [0.2, 0.25) is 0 Å². The summed E-state index contributed by atoms with van der Waals surface area (Å²) in [4.78, 5) is 36.3. The van der Waals surface area contributed by atoms with Gasteiger partial charge in [-0.3, -0.25) is 14.2 Å². The number of aliphatic hydroxyl groups excluding tert-OH is 1. The van der Waals surface area contributed by atoms with E-state index in [1.165, 1.54) is 6.07 Å². The van der Waals surface area contributed by atoms with Crippen molar-refractivity contribution in [1.82, 2.24) is 9.55 Å². The Hall–Kier alpha value is -2.02. The van der Waals surface area contributed by atoms with Crippen LogP contribution in [-0.4, -0.2) is 64.6 Å². The molecule has 1 saturated heterocycles. The Bertz CT molecular complexity index is 740. The summed E-state index contributed by atoms with van der Waals surface area (Å²) < 4.78 is 6.30. The molecule has 2 heterocycles. The highest BCUT2D eigenvalue weighted by atomic mass is 79.9. The van der Waals surface area contributed by atoms with Gasteiger partial charge in [0.25, 0.3) is 0 Å². The number of carbonyl (C=O) groups is 2. The molecule has 0 radical (unpaired) electrons. The molecule has 1 aliphatic heterocycles. The molecule has 2 unspecified atom stereocenters. The van der Waals surface area contributed by atoms with Crippen LogP contribution in [0.4, 0.5) is 5.82 Å². The highest BCUT2D eigenvalue weighted by molar-refractivity contribution is 9.09. The fourth-order valence-corrected chi connectivity index (χ4v) is 3.54. The lowest BCUT2D eigenvalue weighted by molar-refractivity contribution is -0.151. The minimum absolute atomic E-state index is 0.0844. The van der Waals surface area contributed by atoms with Crippen LogP contribution in [0.2, 0.25) is 0 Å². The number of anilines is 1. The van der Waals surface area contributed by atoms with Gasteiger partial charge in [-0.25, -0.2) is 4.79 Å². The predicted molar refractivity (Wildman–Crippen MR) is 85.0 cm³/mol. The van der Waals surface area contributed by atoms with E-state index in [0.717, 1.165) is 10.8 Å². The van der Waals surface area contributed by atoms with Gasteiger partial charge in [0.1, 0.15) is 17.5 Å². The zero-order valence-corrected chi connectivity index (χ0v) is 14.2. The van der Waals surface area contributed by atoms with Gasteiger partial charge < -0.3 is 30.9 Å². The van der Waals surface area contributed by atoms with E-state index in [9.17, 15) is 24.6 Å². The first-order valence-electron chi connectivity index (χ1n) is 7.04. The SMILES string of the molecule is Nc1ccn([C@@H]2O[C@H](C(O)CC(=O)O)C(Br)[C@]2(O)CC(=O)O)c(=O)n1. The number of rotatable bonds is 6. The summed E-state index contributed by atoms with van der Waals surface area (Å²) in [5, 5.41) is 38.8. The van der Waals surface area contributed by atoms with Crippen LogP contribution in [0.3, 0.4) is 0 Å². The van der Waals surface area contributed by atoms with Gasteiger partial charge in [-0.05, 0) is 6.07 Å². The third-order valence-corrected chi connectivity index (χ3v) is 5.10. The predicted octanol–water partition coefficient (Wildman–Crippen LogP) is -1.47. The van der Waals surface area contributed by atoms with Gasteiger partial charge in [-0.1, -0.05) is 15.9 Å². The number of aromatic nitrogens is 2. The molecule has 0 saturated carbocycles. The quantitative estimate of drug-likeness (QED) is 0.339. The molecule has 5 atom stereocenters. The van der Waals surface area contributed by atoms with Gasteiger partial charge in [0, 0.05) is 6.20 Å². The average Bonchev–Trinajstić information content (AvgIpc) is 2.70. The van der Waals surface area contributed by atoms with Gasteiger partial charge in [-0.15, -0.1) is 0 Å². The number of carboxylic acids is 2. The Labute approximate surface area is 148 Å². The maximum Gasteiger partial charge on any atom is 0.351 e. The molecule has 0 bridgehead atoms. The molecule has 1 aromatic rings. The Morgan fingerprint density at radius 3 is 2.60 bits per heavy atom. The van der Waals surface area contributed by atoms with Crippen LogP contribution in [0, 0.1) is 0 Å². The van der Waals surface area contributed by atoms with Crippen molar-refractivity contribution in [1.29, 1.82) is 0 Å². The Balaban J connectivity index is 2.46. The molecule has 0 amide bonds. The number of aliphatic hydroxyl groups is 2. The van der Waals surface area contributed by atoms with E-state index in [2.05, 4.69) is 20.9 Å². The van der Waals surface area contributed by atoms with E-state index in [1.807, 2.05) is 0 Å². The number of alkyl halides is 1. The fraction of sp³-hybridized carbons (Fsp3) is 0.538. The van der Waals surface area contributed by atoms with E-state index in [0.29, 0.717) is 0 Å². The summed E-state index contributed by atoms with van der Waals surface area (Å²) in [7, 11) is 0. The van der Waals surface area contributed by atoms with Crippen LogP contribution < -0.4 is 11.4 Å². The molecular weight excluding hydrogens is 406 g/mol. The minimum atomic E-state index is -2.16. The molecule has 1 fully saturated rings. The Morgan fingerprint density at radius 2 is 2.08 bits per heavy atom. The topological polar surface area (TPSA) is 185 Å². The number of nitrogen functional groups attached to an aromatic ring is 1. The van der Waals surface area contributed by atoms with Crippen molar-refractivity contribution in [3.63, 3.8) is 0 Å². The monoisotopic (exact) mass is 421 g/mol. The van der Waals surface area contributed by atoms with Crippen molar-refractivity contribution in [2.45, 2.75) is 41.7 Å². The molecule has 6 N–H and O–H groups in total. The maximum absolute atomic E-state index is 12.0. The number of hydrogen-bond donors (Lipinski definition) is 5. The smallest absolute Gasteiger partial charge is 0.351 e. The lowest BCUT2D eigenvalue weighted by Crippen LogP contribution is -2.48. The summed E-state index contributed by atoms with van der Waals surface area (Å²) in [5.41, 5.74) is 2.34. The molecule has 0 spiro atoms. The first-order valence-corrected chi connectivity index (χ1v) is 7.96. The highest BCUT2D eigenvalue weighted by Crippen LogP contribution is 2.45. The van der Waals surface area contributed by atoms with Crippen LogP contribution in [0.25, 0.3) is 0 Å².